The van der Waals surface area contributed by atoms with Crippen LogP contribution < -0.4 is 15.2 Å². The number of hydrogen-bond acceptors (Lipinski definition) is 5. The number of rotatable bonds is 5. The maximum Gasteiger partial charge on any atom is 0.269 e. The van der Waals surface area contributed by atoms with Crippen molar-refractivity contribution in [1.82, 2.24) is 15.1 Å². The minimum atomic E-state index is -0.548. The van der Waals surface area contributed by atoms with Gasteiger partial charge in [0.15, 0.2) is 11.5 Å². The molecule has 1 fully saturated rings. The first-order valence-corrected chi connectivity index (χ1v) is 8.40. The summed E-state index contributed by atoms with van der Waals surface area (Å²) in [5, 5.41) is 6.80. The third-order valence-electron chi connectivity index (χ3n) is 4.70. The summed E-state index contributed by atoms with van der Waals surface area (Å²) in [6.45, 7) is 1.26. The second-order valence-corrected chi connectivity index (χ2v) is 6.21. The monoisotopic (exact) mass is 358 g/mol. The Bertz CT molecular complexity index is 809. The fraction of sp³-hybridized carbons (Fsp3) is 0.389. The third-order valence-corrected chi connectivity index (χ3v) is 4.70. The smallest absolute Gasteiger partial charge is 0.269 e. The first kappa shape index (κ1) is 17.8. The number of methoxy groups -OCH3 is 2. The number of nitrogens with zero attached hydrogens (tertiary/aromatic N) is 2. The van der Waals surface area contributed by atoms with Gasteiger partial charge in [0.05, 0.1) is 14.2 Å². The average Bonchev–Trinajstić information content (AvgIpc) is 3.17. The van der Waals surface area contributed by atoms with E-state index >= 15 is 0 Å². The van der Waals surface area contributed by atoms with Crippen LogP contribution in [0.5, 0.6) is 11.5 Å². The van der Waals surface area contributed by atoms with Crippen LogP contribution in [0.4, 0.5) is 0 Å². The van der Waals surface area contributed by atoms with Crippen LogP contribution in [0.2, 0.25) is 0 Å². The fourth-order valence-electron chi connectivity index (χ4n) is 3.22. The molecule has 0 saturated carbocycles. The van der Waals surface area contributed by atoms with Gasteiger partial charge in [-0.15, -0.1) is 0 Å². The average molecular weight is 358 g/mol. The molecule has 3 rings (SSSR count). The summed E-state index contributed by atoms with van der Waals surface area (Å²) in [4.78, 5) is 25.7. The van der Waals surface area contributed by atoms with Gasteiger partial charge in [0.2, 0.25) is 0 Å². The van der Waals surface area contributed by atoms with E-state index in [4.69, 9.17) is 15.2 Å². The molecule has 2 heterocycles. The highest BCUT2D eigenvalue weighted by Crippen LogP contribution is 2.30. The first-order valence-electron chi connectivity index (χ1n) is 8.40. The van der Waals surface area contributed by atoms with E-state index in [-0.39, 0.29) is 17.5 Å². The van der Waals surface area contributed by atoms with Crippen LogP contribution in [0.25, 0.3) is 0 Å². The fourth-order valence-corrected chi connectivity index (χ4v) is 3.22. The number of amides is 2. The predicted molar refractivity (Wildman–Crippen MR) is 94.5 cm³/mol. The van der Waals surface area contributed by atoms with Crippen LogP contribution in [0.15, 0.2) is 24.3 Å². The number of carbonyl (C=O) groups is 2. The van der Waals surface area contributed by atoms with Crippen LogP contribution in [-0.4, -0.2) is 54.2 Å². The minimum Gasteiger partial charge on any atom is -0.493 e. The predicted octanol–water partition coefficient (Wildman–Crippen LogP) is 1.55. The minimum absolute atomic E-state index is 0.0353. The molecule has 0 spiro atoms. The summed E-state index contributed by atoms with van der Waals surface area (Å²) < 4.78 is 10.5. The summed E-state index contributed by atoms with van der Waals surface area (Å²) in [7, 11) is 3.10. The van der Waals surface area contributed by atoms with Gasteiger partial charge in [-0.1, -0.05) is 0 Å². The number of nitrogens with one attached hydrogen (secondary N) is 1. The van der Waals surface area contributed by atoms with Gasteiger partial charge in [-0.05, 0) is 37.1 Å². The number of carbonyl (C=O) groups excluding carboxylic acids is 2. The van der Waals surface area contributed by atoms with Crippen molar-refractivity contribution in [3.63, 3.8) is 0 Å². The van der Waals surface area contributed by atoms with Gasteiger partial charge in [0.25, 0.3) is 11.8 Å². The normalized spacial score (nSPS) is 14.9. The molecule has 1 saturated heterocycles. The molecule has 1 aromatic carbocycles. The van der Waals surface area contributed by atoms with Crippen molar-refractivity contribution < 1.29 is 19.1 Å². The van der Waals surface area contributed by atoms with Crippen molar-refractivity contribution in [2.24, 2.45) is 5.73 Å². The van der Waals surface area contributed by atoms with E-state index in [1.54, 1.807) is 38.5 Å². The lowest BCUT2D eigenvalue weighted by atomic mass is 9.93. The molecule has 8 heteroatoms. The SMILES string of the molecule is COc1ccc(C(=O)N2CCC(c3cc(C(N)=O)n[nH]3)CC2)cc1OC. The molecular formula is C18H22N4O4. The van der Waals surface area contributed by atoms with Crippen molar-refractivity contribution in [2.75, 3.05) is 27.3 Å². The number of primary amides is 1. The zero-order valence-corrected chi connectivity index (χ0v) is 14.8. The van der Waals surface area contributed by atoms with Crippen molar-refractivity contribution in [3.05, 3.63) is 41.2 Å². The third kappa shape index (κ3) is 3.49. The maximum absolute atomic E-state index is 12.8. The van der Waals surface area contributed by atoms with Crippen LogP contribution >= 0.6 is 0 Å². The summed E-state index contributed by atoms with van der Waals surface area (Å²) in [6.07, 6.45) is 1.58. The van der Waals surface area contributed by atoms with E-state index in [1.807, 2.05) is 4.90 Å². The Kier molecular flexibility index (Phi) is 5.11. The van der Waals surface area contributed by atoms with Crippen molar-refractivity contribution in [3.8, 4) is 11.5 Å². The van der Waals surface area contributed by atoms with E-state index in [2.05, 4.69) is 10.2 Å². The van der Waals surface area contributed by atoms with Crippen molar-refractivity contribution in [2.45, 2.75) is 18.8 Å². The van der Waals surface area contributed by atoms with Gasteiger partial charge in [-0.2, -0.15) is 5.10 Å². The lowest BCUT2D eigenvalue weighted by Gasteiger charge is -2.31. The molecule has 8 nitrogen and oxygen atoms in total. The quantitative estimate of drug-likeness (QED) is 0.842. The molecule has 1 aromatic heterocycles. The molecule has 0 atom stereocenters. The maximum atomic E-state index is 12.8. The molecule has 138 valence electrons. The zero-order valence-electron chi connectivity index (χ0n) is 14.8. The molecule has 1 aliphatic heterocycles. The number of aromatic nitrogens is 2. The Morgan fingerprint density at radius 1 is 1.15 bits per heavy atom. The highest BCUT2D eigenvalue weighted by molar-refractivity contribution is 5.95. The standard InChI is InChI=1S/C18H22N4O4/c1-25-15-4-3-12(9-16(15)26-2)18(24)22-7-5-11(6-8-22)13-10-14(17(19)23)21-20-13/h3-4,9-11H,5-8H2,1-2H3,(H2,19,23)(H,20,21). The Morgan fingerprint density at radius 3 is 2.42 bits per heavy atom. The molecular weight excluding hydrogens is 336 g/mol. The van der Waals surface area contributed by atoms with Gasteiger partial charge in [-0.3, -0.25) is 14.7 Å². The summed E-state index contributed by atoms with van der Waals surface area (Å²) in [6, 6.07) is 6.86. The Balaban J connectivity index is 1.65. The molecule has 0 unspecified atom stereocenters. The van der Waals surface area contributed by atoms with Crippen LogP contribution in [0.3, 0.4) is 0 Å². The molecule has 0 aliphatic carbocycles. The van der Waals surface area contributed by atoms with Crippen LogP contribution in [0, 0.1) is 0 Å². The van der Waals surface area contributed by atoms with Crippen LogP contribution in [-0.2, 0) is 0 Å². The summed E-state index contributed by atoms with van der Waals surface area (Å²) >= 11 is 0. The molecule has 26 heavy (non-hydrogen) atoms. The molecule has 1 aliphatic rings. The number of piperidine rings is 1. The molecule has 0 radical (unpaired) electrons. The van der Waals surface area contributed by atoms with Gasteiger partial charge in [0, 0.05) is 30.3 Å². The van der Waals surface area contributed by atoms with E-state index in [9.17, 15) is 9.59 Å². The number of benzene rings is 1. The van der Waals surface area contributed by atoms with Gasteiger partial charge < -0.3 is 20.1 Å². The second-order valence-electron chi connectivity index (χ2n) is 6.21. The second kappa shape index (κ2) is 7.47. The van der Waals surface area contributed by atoms with Gasteiger partial charge >= 0.3 is 0 Å². The molecule has 0 bridgehead atoms. The van der Waals surface area contributed by atoms with Crippen molar-refractivity contribution >= 4 is 11.8 Å². The van der Waals surface area contributed by atoms with Crippen LogP contribution in [0.1, 0.15) is 45.3 Å². The number of nitrogens with two attached hydrogens (primary N) is 1. The van der Waals surface area contributed by atoms with Gasteiger partial charge in [-0.25, -0.2) is 0 Å². The lowest BCUT2D eigenvalue weighted by molar-refractivity contribution is 0.0711. The Morgan fingerprint density at radius 2 is 1.85 bits per heavy atom. The Hall–Kier alpha value is -3.03. The first-order chi connectivity index (χ1) is 12.5. The highest BCUT2D eigenvalue weighted by atomic mass is 16.5. The van der Waals surface area contributed by atoms with E-state index in [0.29, 0.717) is 30.2 Å². The van der Waals surface area contributed by atoms with E-state index in [0.717, 1.165) is 18.5 Å². The van der Waals surface area contributed by atoms with Gasteiger partial charge in [0.1, 0.15) is 5.69 Å². The molecule has 2 aromatic rings. The zero-order chi connectivity index (χ0) is 18.7. The number of hydrogen-bond donors (Lipinski definition) is 2. The summed E-state index contributed by atoms with van der Waals surface area (Å²) in [5.74, 6) is 0.766. The Labute approximate surface area is 151 Å². The topological polar surface area (TPSA) is 111 Å². The van der Waals surface area contributed by atoms with E-state index in [1.165, 1.54) is 0 Å². The van der Waals surface area contributed by atoms with E-state index < -0.39 is 5.91 Å². The number of likely N-dealkylation sites (tertiary alicyclic amines) is 1. The molecule has 2 amide bonds. The molecule has 3 N–H and O–H groups in total. The largest absolute Gasteiger partial charge is 0.493 e. The van der Waals surface area contributed by atoms with Crippen molar-refractivity contribution in [1.29, 1.82) is 0 Å². The lowest BCUT2D eigenvalue weighted by Crippen LogP contribution is -2.38. The number of H-pyrrole nitrogens is 1. The highest BCUT2D eigenvalue weighted by Gasteiger charge is 2.26. The summed E-state index contributed by atoms with van der Waals surface area (Å²) in [5.41, 5.74) is 6.93. The number of ether oxygens (including phenoxy) is 2. The number of aromatic amines is 1.